The highest BCUT2D eigenvalue weighted by atomic mass is 19.1. The summed E-state index contributed by atoms with van der Waals surface area (Å²) in [5.41, 5.74) is 1.20. The minimum Gasteiger partial charge on any atom is -0.342 e. The van der Waals surface area contributed by atoms with Crippen LogP contribution in [0.15, 0.2) is 47.9 Å². The molecule has 0 bridgehead atoms. The van der Waals surface area contributed by atoms with E-state index in [0.717, 1.165) is 5.57 Å². The van der Waals surface area contributed by atoms with E-state index in [4.69, 9.17) is 0 Å². The van der Waals surface area contributed by atoms with Crippen molar-refractivity contribution >= 4 is 5.91 Å². The van der Waals surface area contributed by atoms with E-state index in [1.165, 1.54) is 18.2 Å². The van der Waals surface area contributed by atoms with Gasteiger partial charge in [-0.25, -0.2) is 4.39 Å². The molecule has 1 N–H and O–H groups in total. The smallest absolute Gasteiger partial charge is 0.244 e. The van der Waals surface area contributed by atoms with E-state index in [9.17, 15) is 9.18 Å². The van der Waals surface area contributed by atoms with Crippen LogP contribution in [0.25, 0.3) is 0 Å². The Balaban J connectivity index is 3.05. The van der Waals surface area contributed by atoms with Gasteiger partial charge < -0.3 is 5.32 Å². The molecule has 1 amide bonds. The van der Waals surface area contributed by atoms with Gasteiger partial charge >= 0.3 is 0 Å². The predicted octanol–water partition coefficient (Wildman–Crippen LogP) is 2.42. The molecule has 3 heteroatoms. The summed E-state index contributed by atoms with van der Waals surface area (Å²) in [6, 6.07) is -0.383. The van der Waals surface area contributed by atoms with Crippen LogP contribution in [-0.2, 0) is 4.79 Å². The lowest BCUT2D eigenvalue weighted by Crippen LogP contribution is -2.29. The first-order valence-electron chi connectivity index (χ1n) is 4.73. The van der Waals surface area contributed by atoms with Crippen molar-refractivity contribution in [2.24, 2.45) is 0 Å². The Morgan fingerprint density at radius 1 is 1.67 bits per heavy atom. The first kappa shape index (κ1) is 11.4. The summed E-state index contributed by atoms with van der Waals surface area (Å²) in [6.45, 7) is 7.08. The van der Waals surface area contributed by atoms with Gasteiger partial charge in [-0.3, -0.25) is 4.79 Å². The molecule has 1 aliphatic heterocycles. The van der Waals surface area contributed by atoms with Crippen molar-refractivity contribution < 1.29 is 9.18 Å². The highest BCUT2D eigenvalue weighted by molar-refractivity contribution is 5.92. The third-order valence-electron chi connectivity index (χ3n) is 2.22. The van der Waals surface area contributed by atoms with Gasteiger partial charge in [0, 0.05) is 11.6 Å². The number of amides is 1. The van der Waals surface area contributed by atoms with E-state index in [2.05, 4.69) is 11.9 Å². The van der Waals surface area contributed by atoms with E-state index in [1.54, 1.807) is 19.9 Å². The Labute approximate surface area is 88.9 Å². The average Bonchev–Trinajstić information content (AvgIpc) is 2.47. The molecular weight excluding hydrogens is 193 g/mol. The van der Waals surface area contributed by atoms with E-state index < -0.39 is 0 Å². The fraction of sp³-hybridized carbons (Fsp3) is 0.250. The molecule has 0 aromatic heterocycles. The number of hydrogen-bond acceptors (Lipinski definition) is 1. The number of halogens is 1. The molecule has 0 aromatic carbocycles. The van der Waals surface area contributed by atoms with Gasteiger partial charge in [0.15, 0.2) is 0 Å². The minimum absolute atomic E-state index is 0.190. The Bertz CT molecular complexity index is 377. The lowest BCUT2D eigenvalue weighted by molar-refractivity contribution is -0.116. The second-order valence-corrected chi connectivity index (χ2v) is 3.34. The van der Waals surface area contributed by atoms with E-state index in [1.807, 2.05) is 0 Å². The Morgan fingerprint density at radius 2 is 2.33 bits per heavy atom. The maximum absolute atomic E-state index is 13.6. The topological polar surface area (TPSA) is 29.1 Å². The quantitative estimate of drug-likeness (QED) is 0.707. The summed E-state index contributed by atoms with van der Waals surface area (Å²) >= 11 is 0. The SMILES string of the molecule is C=C/C(=C(F)\C=C/C)C1NC(=O)C=C1C. The van der Waals surface area contributed by atoms with Gasteiger partial charge in [-0.2, -0.15) is 0 Å². The molecule has 0 saturated heterocycles. The van der Waals surface area contributed by atoms with Crippen molar-refractivity contribution in [2.45, 2.75) is 19.9 Å². The number of carbonyl (C=O) groups is 1. The molecule has 0 saturated carbocycles. The fourth-order valence-corrected chi connectivity index (χ4v) is 1.51. The Morgan fingerprint density at radius 3 is 2.73 bits per heavy atom. The van der Waals surface area contributed by atoms with Crippen LogP contribution >= 0.6 is 0 Å². The molecule has 0 aliphatic carbocycles. The lowest BCUT2D eigenvalue weighted by Gasteiger charge is -2.14. The van der Waals surface area contributed by atoms with Gasteiger partial charge in [-0.1, -0.05) is 18.7 Å². The first-order chi connectivity index (χ1) is 7.10. The van der Waals surface area contributed by atoms with Crippen LogP contribution < -0.4 is 5.32 Å². The van der Waals surface area contributed by atoms with Gasteiger partial charge in [-0.05, 0) is 25.5 Å². The second kappa shape index (κ2) is 4.73. The maximum atomic E-state index is 13.6. The summed E-state index contributed by atoms with van der Waals surface area (Å²) in [6.07, 6.45) is 5.86. The predicted molar refractivity (Wildman–Crippen MR) is 58.8 cm³/mol. The zero-order valence-corrected chi connectivity index (χ0v) is 8.88. The molecule has 0 fully saturated rings. The van der Waals surface area contributed by atoms with Gasteiger partial charge in [0.2, 0.25) is 5.91 Å². The van der Waals surface area contributed by atoms with Crippen molar-refractivity contribution in [2.75, 3.05) is 0 Å². The Hall–Kier alpha value is -1.64. The van der Waals surface area contributed by atoms with Gasteiger partial charge in [0.25, 0.3) is 0 Å². The lowest BCUT2D eigenvalue weighted by atomic mass is 10.0. The van der Waals surface area contributed by atoms with E-state index in [0.29, 0.717) is 5.57 Å². The summed E-state index contributed by atoms with van der Waals surface area (Å²) in [5, 5.41) is 2.66. The van der Waals surface area contributed by atoms with Crippen molar-refractivity contribution in [1.82, 2.24) is 5.32 Å². The highest BCUT2D eigenvalue weighted by Gasteiger charge is 2.24. The molecule has 1 atom stereocenters. The van der Waals surface area contributed by atoms with Crippen molar-refractivity contribution in [3.63, 3.8) is 0 Å². The number of hydrogen-bond donors (Lipinski definition) is 1. The molecule has 1 unspecified atom stereocenters. The van der Waals surface area contributed by atoms with Crippen LogP contribution in [0.3, 0.4) is 0 Å². The molecule has 1 heterocycles. The molecule has 1 rings (SSSR count). The van der Waals surface area contributed by atoms with Crippen LogP contribution in [0, 0.1) is 0 Å². The van der Waals surface area contributed by atoms with E-state index in [-0.39, 0.29) is 17.8 Å². The molecule has 80 valence electrons. The second-order valence-electron chi connectivity index (χ2n) is 3.34. The number of nitrogens with one attached hydrogen (secondary N) is 1. The van der Waals surface area contributed by atoms with E-state index >= 15 is 0 Å². The average molecular weight is 207 g/mol. The van der Waals surface area contributed by atoms with Crippen molar-refractivity contribution in [3.8, 4) is 0 Å². The maximum Gasteiger partial charge on any atom is 0.244 e. The molecule has 0 spiro atoms. The first-order valence-corrected chi connectivity index (χ1v) is 4.73. The third kappa shape index (κ3) is 2.43. The normalized spacial score (nSPS) is 22.5. The summed E-state index contributed by atoms with van der Waals surface area (Å²) in [7, 11) is 0. The zero-order chi connectivity index (χ0) is 11.4. The summed E-state index contributed by atoms with van der Waals surface area (Å²) in [4.78, 5) is 11.1. The van der Waals surface area contributed by atoms with Crippen LogP contribution in [0.2, 0.25) is 0 Å². The van der Waals surface area contributed by atoms with Crippen molar-refractivity contribution in [3.05, 3.63) is 47.9 Å². The van der Waals surface area contributed by atoms with Crippen LogP contribution in [0.4, 0.5) is 4.39 Å². The van der Waals surface area contributed by atoms with Crippen molar-refractivity contribution in [1.29, 1.82) is 0 Å². The molecular formula is C12H14FNO. The molecule has 2 nitrogen and oxygen atoms in total. The van der Waals surface area contributed by atoms with Gasteiger partial charge in [0.1, 0.15) is 5.83 Å². The fourth-order valence-electron chi connectivity index (χ4n) is 1.51. The van der Waals surface area contributed by atoms with Gasteiger partial charge in [0.05, 0.1) is 6.04 Å². The molecule has 0 radical (unpaired) electrons. The zero-order valence-electron chi connectivity index (χ0n) is 8.88. The van der Waals surface area contributed by atoms with Crippen LogP contribution in [0.1, 0.15) is 13.8 Å². The number of allylic oxidation sites excluding steroid dienone is 3. The van der Waals surface area contributed by atoms with Crippen LogP contribution in [0.5, 0.6) is 0 Å². The summed E-state index contributed by atoms with van der Waals surface area (Å²) in [5.74, 6) is -0.558. The monoisotopic (exact) mass is 207 g/mol. The molecule has 1 aliphatic rings. The van der Waals surface area contributed by atoms with Crippen LogP contribution in [-0.4, -0.2) is 11.9 Å². The largest absolute Gasteiger partial charge is 0.342 e. The standard InChI is InChI=1S/C12H14FNO/c1-4-6-10(13)9(5-2)12-8(3)7-11(15)14-12/h4-7,12H,2H2,1,3H3,(H,14,15)/b6-4-,10-9-. The third-order valence-corrected chi connectivity index (χ3v) is 2.22. The Kier molecular flexibility index (Phi) is 3.61. The molecule has 15 heavy (non-hydrogen) atoms. The highest BCUT2D eigenvalue weighted by Crippen LogP contribution is 2.22. The number of rotatable bonds is 3. The number of carbonyl (C=O) groups excluding carboxylic acids is 1. The molecule has 0 aromatic rings. The minimum atomic E-state index is -0.383. The summed E-state index contributed by atoms with van der Waals surface area (Å²) < 4.78 is 13.6. The van der Waals surface area contributed by atoms with Gasteiger partial charge in [-0.15, -0.1) is 0 Å².